The first-order chi connectivity index (χ1) is 17.2. The Balaban J connectivity index is 1.38. The number of carbonyl (C=O) groups excluding carboxylic acids is 2. The quantitative estimate of drug-likeness (QED) is 0.408. The Kier molecular flexibility index (Phi) is 4.99. The van der Waals surface area contributed by atoms with Crippen LogP contribution in [0.15, 0.2) is 85.1 Å². The molecule has 0 fully saturated rings. The van der Waals surface area contributed by atoms with Crippen molar-refractivity contribution in [2.75, 3.05) is 10.2 Å². The molecule has 9 nitrogen and oxygen atoms in total. The molecule has 0 aliphatic carbocycles. The van der Waals surface area contributed by atoms with Crippen molar-refractivity contribution in [2.24, 2.45) is 0 Å². The zero-order chi connectivity index (χ0) is 23.8. The van der Waals surface area contributed by atoms with Crippen LogP contribution in [0.3, 0.4) is 0 Å². The van der Waals surface area contributed by atoms with Crippen LogP contribution in [0.25, 0.3) is 16.5 Å². The Hall–Kier alpha value is -4.92. The molecule has 0 saturated heterocycles. The molecule has 1 aliphatic heterocycles. The molecule has 3 aromatic carbocycles. The van der Waals surface area contributed by atoms with Crippen molar-refractivity contribution in [3.8, 4) is 5.69 Å². The van der Waals surface area contributed by atoms with Gasteiger partial charge in [-0.3, -0.25) is 19.5 Å². The van der Waals surface area contributed by atoms with Gasteiger partial charge in [0.05, 0.1) is 23.5 Å². The molecule has 0 atom stereocenters. The standard InChI is InChI=1S/C26H19N7O2/c34-24-16-25(35)32(22-13-8-17-5-1-2-7-21(17)26(22)28-24)19-9-11-20(12-10-19)33-23(29-30-31-33)15-18-6-3-4-14-27-18/h1-14H,15-16H2,(H,28,34). The average molecular weight is 461 g/mol. The van der Waals surface area contributed by atoms with Gasteiger partial charge in [0.2, 0.25) is 11.8 Å². The highest BCUT2D eigenvalue weighted by molar-refractivity contribution is 6.21. The summed E-state index contributed by atoms with van der Waals surface area (Å²) in [6, 6.07) is 24.6. The lowest BCUT2D eigenvalue weighted by atomic mass is 10.1. The molecule has 6 rings (SSSR count). The maximum atomic E-state index is 13.1. The molecule has 0 radical (unpaired) electrons. The normalized spacial score (nSPS) is 13.4. The summed E-state index contributed by atoms with van der Waals surface area (Å²) in [6.07, 6.45) is 1.97. The predicted molar refractivity (Wildman–Crippen MR) is 131 cm³/mol. The number of nitrogens with zero attached hydrogens (tertiary/aromatic N) is 6. The molecule has 9 heteroatoms. The zero-order valence-corrected chi connectivity index (χ0v) is 18.5. The van der Waals surface area contributed by atoms with Crippen molar-refractivity contribution in [3.63, 3.8) is 0 Å². The first-order valence-corrected chi connectivity index (χ1v) is 11.1. The Bertz CT molecular complexity index is 1560. The van der Waals surface area contributed by atoms with Crippen molar-refractivity contribution in [2.45, 2.75) is 12.8 Å². The van der Waals surface area contributed by atoms with Crippen LogP contribution in [-0.4, -0.2) is 37.0 Å². The number of pyridine rings is 1. The second kappa shape index (κ2) is 8.45. The SMILES string of the molecule is O=C1CC(=O)N(c2ccc(-n3nnnc3Cc3ccccn3)cc2)c2ccc3ccccc3c2N1. The largest absolute Gasteiger partial charge is 0.323 e. The van der Waals surface area contributed by atoms with Crippen molar-refractivity contribution in [1.29, 1.82) is 0 Å². The third-order valence-electron chi connectivity index (χ3n) is 5.93. The molecule has 1 N–H and O–H groups in total. The van der Waals surface area contributed by atoms with Gasteiger partial charge in [0, 0.05) is 23.0 Å². The van der Waals surface area contributed by atoms with E-state index in [0.29, 0.717) is 29.3 Å². The van der Waals surface area contributed by atoms with Crippen LogP contribution in [0, 0.1) is 0 Å². The zero-order valence-electron chi connectivity index (χ0n) is 18.5. The van der Waals surface area contributed by atoms with E-state index in [-0.39, 0.29) is 18.2 Å². The molecule has 2 amide bonds. The fraction of sp³-hybridized carbons (Fsp3) is 0.0769. The molecule has 0 unspecified atom stereocenters. The van der Waals surface area contributed by atoms with Gasteiger partial charge in [0.15, 0.2) is 5.82 Å². The van der Waals surface area contributed by atoms with Gasteiger partial charge in [-0.25, -0.2) is 0 Å². The first-order valence-electron chi connectivity index (χ1n) is 11.1. The summed E-state index contributed by atoms with van der Waals surface area (Å²) in [6.45, 7) is 0. The summed E-state index contributed by atoms with van der Waals surface area (Å²) >= 11 is 0. The number of rotatable bonds is 4. The summed E-state index contributed by atoms with van der Waals surface area (Å²) in [5, 5.41) is 16.9. The average Bonchev–Trinajstić information content (AvgIpc) is 3.29. The Morgan fingerprint density at radius 1 is 0.857 bits per heavy atom. The van der Waals surface area contributed by atoms with E-state index < -0.39 is 0 Å². The summed E-state index contributed by atoms with van der Waals surface area (Å²) in [7, 11) is 0. The van der Waals surface area contributed by atoms with Crippen molar-refractivity contribution in [3.05, 3.63) is 96.6 Å². The maximum Gasteiger partial charge on any atom is 0.241 e. The Labute approximate surface area is 200 Å². The minimum atomic E-state index is -0.334. The number of hydrogen-bond acceptors (Lipinski definition) is 6. The first kappa shape index (κ1) is 20.7. The molecule has 3 heterocycles. The summed E-state index contributed by atoms with van der Waals surface area (Å²) in [5.41, 5.74) is 3.51. The Morgan fingerprint density at radius 3 is 2.49 bits per heavy atom. The van der Waals surface area contributed by atoms with Gasteiger partial charge in [0.25, 0.3) is 0 Å². The second-order valence-corrected chi connectivity index (χ2v) is 8.16. The van der Waals surface area contributed by atoms with E-state index in [4.69, 9.17) is 0 Å². The molecule has 0 saturated carbocycles. The maximum absolute atomic E-state index is 13.1. The molecule has 0 spiro atoms. The lowest BCUT2D eigenvalue weighted by Crippen LogP contribution is -2.26. The highest BCUT2D eigenvalue weighted by atomic mass is 16.2. The fourth-order valence-corrected chi connectivity index (χ4v) is 4.32. The smallest absolute Gasteiger partial charge is 0.241 e. The number of tetrazole rings is 1. The number of nitrogens with one attached hydrogen (secondary N) is 1. The van der Waals surface area contributed by atoms with Crippen LogP contribution in [-0.2, 0) is 16.0 Å². The number of aromatic nitrogens is 5. The van der Waals surface area contributed by atoms with Crippen LogP contribution in [0.4, 0.5) is 17.1 Å². The van der Waals surface area contributed by atoms with Gasteiger partial charge in [-0.05, 0) is 58.3 Å². The van der Waals surface area contributed by atoms with E-state index in [1.54, 1.807) is 15.8 Å². The summed E-state index contributed by atoms with van der Waals surface area (Å²) in [4.78, 5) is 31.5. The molecule has 1 aliphatic rings. The molecular weight excluding hydrogens is 442 g/mol. The van der Waals surface area contributed by atoms with Crippen LogP contribution >= 0.6 is 0 Å². The van der Waals surface area contributed by atoms with Gasteiger partial charge in [-0.2, -0.15) is 4.68 Å². The van der Waals surface area contributed by atoms with Gasteiger partial charge in [-0.15, -0.1) is 5.10 Å². The van der Waals surface area contributed by atoms with Crippen molar-refractivity contribution < 1.29 is 9.59 Å². The van der Waals surface area contributed by atoms with E-state index in [1.807, 2.05) is 78.9 Å². The number of benzene rings is 3. The van der Waals surface area contributed by atoms with E-state index >= 15 is 0 Å². The lowest BCUT2D eigenvalue weighted by Gasteiger charge is -2.23. The summed E-state index contributed by atoms with van der Waals surface area (Å²) < 4.78 is 1.65. The topological polar surface area (TPSA) is 106 Å². The van der Waals surface area contributed by atoms with Crippen LogP contribution in [0.1, 0.15) is 17.9 Å². The number of amides is 2. The Morgan fingerprint density at radius 2 is 1.66 bits per heavy atom. The van der Waals surface area contributed by atoms with Gasteiger partial charge >= 0.3 is 0 Å². The number of carbonyl (C=O) groups is 2. The van der Waals surface area contributed by atoms with Crippen molar-refractivity contribution in [1.82, 2.24) is 25.2 Å². The molecule has 0 bridgehead atoms. The van der Waals surface area contributed by atoms with E-state index in [1.165, 1.54) is 0 Å². The van der Waals surface area contributed by atoms with Crippen LogP contribution in [0.5, 0.6) is 0 Å². The second-order valence-electron chi connectivity index (χ2n) is 8.16. The van der Waals surface area contributed by atoms with Crippen molar-refractivity contribution >= 4 is 39.6 Å². The fourth-order valence-electron chi connectivity index (χ4n) is 4.32. The lowest BCUT2D eigenvalue weighted by molar-refractivity contribution is -0.124. The van der Waals surface area contributed by atoms with Gasteiger partial charge in [-0.1, -0.05) is 36.4 Å². The predicted octanol–water partition coefficient (Wildman–Crippen LogP) is 3.81. The van der Waals surface area contributed by atoms with Crippen LogP contribution in [0.2, 0.25) is 0 Å². The highest BCUT2D eigenvalue weighted by Gasteiger charge is 2.28. The summed E-state index contributed by atoms with van der Waals surface area (Å²) in [5.74, 6) is 0.0102. The highest BCUT2D eigenvalue weighted by Crippen LogP contribution is 2.40. The third-order valence-corrected chi connectivity index (χ3v) is 5.93. The number of fused-ring (bicyclic) bond motifs is 3. The molecular formula is C26H19N7O2. The monoisotopic (exact) mass is 461 g/mol. The van der Waals surface area contributed by atoms with Gasteiger partial charge < -0.3 is 5.32 Å². The minimum Gasteiger partial charge on any atom is -0.323 e. The van der Waals surface area contributed by atoms with E-state index in [0.717, 1.165) is 22.2 Å². The van der Waals surface area contributed by atoms with Gasteiger partial charge in [0.1, 0.15) is 6.42 Å². The van der Waals surface area contributed by atoms with E-state index in [9.17, 15) is 9.59 Å². The van der Waals surface area contributed by atoms with E-state index in [2.05, 4.69) is 25.8 Å². The number of hydrogen-bond donors (Lipinski definition) is 1. The molecule has 5 aromatic rings. The molecule has 35 heavy (non-hydrogen) atoms. The number of anilines is 3. The molecule has 2 aromatic heterocycles. The third kappa shape index (κ3) is 3.78. The van der Waals surface area contributed by atoms with Crippen LogP contribution < -0.4 is 10.2 Å². The minimum absolute atomic E-state index is 0.244. The molecule has 170 valence electrons.